The average molecular weight is 341 g/mol. The van der Waals surface area contributed by atoms with Crippen LogP contribution >= 0.6 is 11.3 Å². The molecule has 0 aromatic carbocycles. The molecule has 24 heavy (non-hydrogen) atoms. The van der Waals surface area contributed by atoms with Gasteiger partial charge in [-0.2, -0.15) is 0 Å². The van der Waals surface area contributed by atoms with Gasteiger partial charge in [0.2, 0.25) is 0 Å². The third kappa shape index (κ3) is 3.22. The second kappa shape index (κ2) is 6.78. The number of likely N-dealkylation sites (tertiary alicyclic amines) is 1. The molecule has 0 N–H and O–H groups in total. The summed E-state index contributed by atoms with van der Waals surface area (Å²) in [5, 5.41) is 6.12. The zero-order chi connectivity index (χ0) is 16.4. The lowest BCUT2D eigenvalue weighted by atomic mass is 9.91. The first-order chi connectivity index (χ1) is 11.8. The fourth-order valence-electron chi connectivity index (χ4n) is 3.31. The molecule has 4 heterocycles. The van der Waals surface area contributed by atoms with Crippen LogP contribution < -0.4 is 0 Å². The molecular weight excluding hydrogens is 322 g/mol. The second-order valence-electron chi connectivity index (χ2n) is 6.21. The fraction of sp³-hybridized carbons (Fsp3) is 0.412. The molecule has 124 valence electrons. The van der Waals surface area contributed by atoms with E-state index in [1.165, 1.54) is 0 Å². The number of piperidine rings is 1. The Kier molecular flexibility index (Phi) is 4.36. The first kappa shape index (κ1) is 15.4. The molecule has 1 saturated heterocycles. The molecule has 6 nitrogen and oxygen atoms in total. The van der Waals surface area contributed by atoms with Crippen LogP contribution in [0.4, 0.5) is 0 Å². The predicted molar refractivity (Wildman–Crippen MR) is 91.6 cm³/mol. The molecule has 1 aliphatic heterocycles. The van der Waals surface area contributed by atoms with Gasteiger partial charge < -0.3 is 4.52 Å². The molecule has 4 rings (SSSR count). The molecular formula is C17H19N5OS. The topological polar surface area (TPSA) is 67.9 Å². The van der Waals surface area contributed by atoms with E-state index in [0.717, 1.165) is 60.9 Å². The van der Waals surface area contributed by atoms with Crippen molar-refractivity contribution < 1.29 is 4.52 Å². The normalized spacial score (nSPS) is 18.8. The number of aryl methyl sites for hydroxylation is 1. The lowest BCUT2D eigenvalue weighted by Crippen LogP contribution is -2.34. The molecule has 3 aromatic heterocycles. The van der Waals surface area contributed by atoms with Crippen LogP contribution in [-0.4, -0.2) is 38.1 Å². The first-order valence-corrected chi connectivity index (χ1v) is 9.07. The van der Waals surface area contributed by atoms with Gasteiger partial charge in [-0.1, -0.05) is 5.16 Å². The van der Waals surface area contributed by atoms with Crippen molar-refractivity contribution in [2.75, 3.05) is 13.1 Å². The van der Waals surface area contributed by atoms with Crippen LogP contribution in [0.2, 0.25) is 0 Å². The van der Waals surface area contributed by atoms with Gasteiger partial charge in [-0.15, -0.1) is 11.3 Å². The highest BCUT2D eigenvalue weighted by atomic mass is 32.1. The third-order valence-corrected chi connectivity index (χ3v) is 5.03. The minimum atomic E-state index is 0.376. The summed E-state index contributed by atoms with van der Waals surface area (Å²) in [7, 11) is 0. The van der Waals surface area contributed by atoms with Crippen molar-refractivity contribution in [2.24, 2.45) is 0 Å². The van der Waals surface area contributed by atoms with E-state index in [1.54, 1.807) is 17.7 Å². The van der Waals surface area contributed by atoms with E-state index in [0.29, 0.717) is 5.92 Å². The van der Waals surface area contributed by atoms with Crippen LogP contribution in [0.5, 0.6) is 0 Å². The van der Waals surface area contributed by atoms with Crippen LogP contribution in [0.3, 0.4) is 0 Å². The molecule has 0 spiro atoms. The maximum Gasteiger partial charge on any atom is 0.170 e. The van der Waals surface area contributed by atoms with E-state index < -0.39 is 0 Å². The molecule has 0 bridgehead atoms. The molecule has 1 unspecified atom stereocenters. The monoisotopic (exact) mass is 341 g/mol. The lowest BCUT2D eigenvalue weighted by molar-refractivity contribution is 0.197. The SMILES string of the molecule is Cc1cc(-c2cncnc2C2CCCN(Cc3cscn3)C2)on1. The first-order valence-electron chi connectivity index (χ1n) is 8.12. The molecule has 0 saturated carbocycles. The summed E-state index contributed by atoms with van der Waals surface area (Å²) in [5.41, 5.74) is 5.93. The number of hydrogen-bond donors (Lipinski definition) is 0. The zero-order valence-corrected chi connectivity index (χ0v) is 14.4. The van der Waals surface area contributed by atoms with Crippen molar-refractivity contribution in [2.45, 2.75) is 32.2 Å². The smallest absolute Gasteiger partial charge is 0.170 e. The number of hydrogen-bond acceptors (Lipinski definition) is 7. The Balaban J connectivity index is 1.57. The molecule has 0 aliphatic carbocycles. The largest absolute Gasteiger partial charge is 0.356 e. The molecule has 3 aromatic rings. The van der Waals surface area contributed by atoms with Crippen LogP contribution in [-0.2, 0) is 6.54 Å². The van der Waals surface area contributed by atoms with Crippen LogP contribution in [0.25, 0.3) is 11.3 Å². The number of nitrogens with zero attached hydrogens (tertiary/aromatic N) is 5. The van der Waals surface area contributed by atoms with Crippen molar-refractivity contribution in [1.82, 2.24) is 25.0 Å². The van der Waals surface area contributed by atoms with E-state index in [9.17, 15) is 0 Å². The van der Waals surface area contributed by atoms with Gasteiger partial charge in [-0.3, -0.25) is 4.90 Å². The molecule has 0 amide bonds. The Morgan fingerprint density at radius 2 is 2.33 bits per heavy atom. The van der Waals surface area contributed by atoms with Crippen molar-refractivity contribution >= 4 is 11.3 Å². The molecule has 7 heteroatoms. The van der Waals surface area contributed by atoms with E-state index in [-0.39, 0.29) is 0 Å². The van der Waals surface area contributed by atoms with Gasteiger partial charge in [-0.05, 0) is 26.3 Å². The number of aromatic nitrogens is 4. The van der Waals surface area contributed by atoms with Gasteiger partial charge in [0.05, 0.1) is 28.2 Å². The number of rotatable bonds is 4. The molecule has 1 fully saturated rings. The van der Waals surface area contributed by atoms with Crippen molar-refractivity contribution in [3.8, 4) is 11.3 Å². The Labute approximate surface area is 144 Å². The van der Waals surface area contributed by atoms with Gasteiger partial charge in [-0.25, -0.2) is 15.0 Å². The minimum absolute atomic E-state index is 0.376. The zero-order valence-electron chi connectivity index (χ0n) is 13.6. The van der Waals surface area contributed by atoms with Gasteiger partial charge in [0.25, 0.3) is 0 Å². The van der Waals surface area contributed by atoms with Gasteiger partial charge in [0.1, 0.15) is 6.33 Å². The Morgan fingerprint density at radius 3 is 3.12 bits per heavy atom. The minimum Gasteiger partial charge on any atom is -0.356 e. The van der Waals surface area contributed by atoms with Crippen LogP contribution in [0.15, 0.2) is 34.0 Å². The highest BCUT2D eigenvalue weighted by molar-refractivity contribution is 7.07. The van der Waals surface area contributed by atoms with E-state index in [2.05, 4.69) is 30.4 Å². The Morgan fingerprint density at radius 1 is 1.38 bits per heavy atom. The lowest BCUT2D eigenvalue weighted by Gasteiger charge is -2.32. The molecule has 1 aliphatic rings. The van der Waals surface area contributed by atoms with Crippen molar-refractivity contribution in [3.05, 3.63) is 46.6 Å². The number of thiazole rings is 1. The Hall–Kier alpha value is -2.12. The van der Waals surface area contributed by atoms with Crippen LogP contribution in [0.1, 0.15) is 35.8 Å². The molecule has 1 atom stereocenters. The second-order valence-corrected chi connectivity index (χ2v) is 6.93. The van der Waals surface area contributed by atoms with Crippen molar-refractivity contribution in [3.63, 3.8) is 0 Å². The van der Waals surface area contributed by atoms with Gasteiger partial charge in [0, 0.05) is 36.7 Å². The Bertz CT molecular complexity index is 801. The fourth-order valence-corrected chi connectivity index (χ4v) is 3.86. The van der Waals surface area contributed by atoms with Gasteiger partial charge >= 0.3 is 0 Å². The average Bonchev–Trinajstić information content (AvgIpc) is 3.27. The summed E-state index contributed by atoms with van der Waals surface area (Å²) in [5.74, 6) is 1.13. The summed E-state index contributed by atoms with van der Waals surface area (Å²) in [6, 6.07) is 1.94. The van der Waals surface area contributed by atoms with E-state index >= 15 is 0 Å². The molecule has 0 radical (unpaired) electrons. The summed E-state index contributed by atoms with van der Waals surface area (Å²) < 4.78 is 5.44. The highest BCUT2D eigenvalue weighted by Crippen LogP contribution is 2.33. The van der Waals surface area contributed by atoms with Crippen LogP contribution in [0, 0.1) is 6.92 Å². The van der Waals surface area contributed by atoms with Crippen molar-refractivity contribution in [1.29, 1.82) is 0 Å². The highest BCUT2D eigenvalue weighted by Gasteiger charge is 2.26. The third-order valence-electron chi connectivity index (χ3n) is 4.40. The van der Waals surface area contributed by atoms with Gasteiger partial charge in [0.15, 0.2) is 5.76 Å². The predicted octanol–water partition coefficient (Wildman–Crippen LogP) is 3.28. The van der Waals surface area contributed by atoms with E-state index in [4.69, 9.17) is 4.52 Å². The summed E-state index contributed by atoms with van der Waals surface area (Å²) >= 11 is 1.65. The summed E-state index contributed by atoms with van der Waals surface area (Å²) in [6.45, 7) is 4.92. The van der Waals surface area contributed by atoms with E-state index in [1.807, 2.05) is 24.7 Å². The maximum atomic E-state index is 5.44. The quantitative estimate of drug-likeness (QED) is 0.725. The standard InChI is InChI=1S/C17H19N5OS/c1-12-5-16(23-21-12)15-6-18-10-19-17(15)13-3-2-4-22(7-13)8-14-9-24-11-20-14/h5-6,9-11,13H,2-4,7-8H2,1H3. The maximum absolute atomic E-state index is 5.44. The summed E-state index contributed by atoms with van der Waals surface area (Å²) in [6.07, 6.45) is 5.75. The summed E-state index contributed by atoms with van der Waals surface area (Å²) in [4.78, 5) is 15.6.